The SMILES string of the molecule is CN1CCN(c2cc(CNC(=O)[C@@]34CCCC[C@H]3CNC4)ccn2)CC1.Cl.Cl.Cl. The van der Waals surface area contributed by atoms with E-state index in [9.17, 15) is 4.79 Å². The molecule has 0 aromatic carbocycles. The second-order valence-electron chi connectivity index (χ2n) is 8.23. The van der Waals surface area contributed by atoms with Gasteiger partial charge in [-0.1, -0.05) is 12.8 Å². The summed E-state index contributed by atoms with van der Waals surface area (Å²) in [5.41, 5.74) is 0.961. The maximum Gasteiger partial charge on any atom is 0.228 e. The molecule has 4 rings (SSSR count). The molecule has 2 saturated heterocycles. The van der Waals surface area contributed by atoms with Gasteiger partial charge < -0.3 is 20.4 Å². The molecule has 1 aliphatic carbocycles. The van der Waals surface area contributed by atoms with Crippen LogP contribution in [0.1, 0.15) is 31.2 Å². The van der Waals surface area contributed by atoms with E-state index < -0.39 is 0 Å². The maximum atomic E-state index is 13.0. The summed E-state index contributed by atoms with van der Waals surface area (Å²) >= 11 is 0. The molecule has 1 aromatic heterocycles. The molecule has 29 heavy (non-hydrogen) atoms. The Balaban J connectivity index is 0.00000140. The molecular weight excluding hydrogens is 433 g/mol. The minimum atomic E-state index is -0.175. The highest BCUT2D eigenvalue weighted by Gasteiger charge is 2.49. The van der Waals surface area contributed by atoms with E-state index in [1.165, 1.54) is 19.3 Å². The number of aromatic nitrogens is 1. The van der Waals surface area contributed by atoms with Gasteiger partial charge in [-0.3, -0.25) is 4.79 Å². The number of nitrogens with zero attached hydrogens (tertiary/aromatic N) is 3. The van der Waals surface area contributed by atoms with Crippen LogP contribution in [0.4, 0.5) is 5.82 Å². The van der Waals surface area contributed by atoms with E-state index in [2.05, 4.69) is 38.5 Å². The zero-order valence-corrected chi connectivity index (χ0v) is 19.5. The first-order valence-corrected chi connectivity index (χ1v) is 10.0. The Morgan fingerprint density at radius 2 is 2.00 bits per heavy atom. The maximum absolute atomic E-state index is 13.0. The van der Waals surface area contributed by atoms with Gasteiger partial charge in [0.1, 0.15) is 5.82 Å². The topological polar surface area (TPSA) is 60.5 Å². The predicted molar refractivity (Wildman–Crippen MR) is 125 cm³/mol. The monoisotopic (exact) mass is 465 g/mol. The molecule has 1 aromatic rings. The van der Waals surface area contributed by atoms with Crippen molar-refractivity contribution >= 4 is 48.9 Å². The lowest BCUT2D eigenvalue weighted by Gasteiger charge is -2.37. The van der Waals surface area contributed by atoms with Gasteiger partial charge in [-0.15, -0.1) is 37.2 Å². The lowest BCUT2D eigenvalue weighted by molar-refractivity contribution is -0.134. The van der Waals surface area contributed by atoms with Crippen LogP contribution in [0.15, 0.2) is 18.3 Å². The Kier molecular flexibility index (Phi) is 10.5. The quantitative estimate of drug-likeness (QED) is 0.714. The summed E-state index contributed by atoms with van der Waals surface area (Å²) in [5.74, 6) is 1.78. The van der Waals surface area contributed by atoms with Crippen LogP contribution >= 0.6 is 37.2 Å². The lowest BCUT2D eigenvalue weighted by Crippen LogP contribution is -2.47. The summed E-state index contributed by atoms with van der Waals surface area (Å²) in [7, 11) is 2.16. The first kappa shape index (κ1) is 26.2. The van der Waals surface area contributed by atoms with E-state index in [0.717, 1.165) is 57.1 Å². The summed E-state index contributed by atoms with van der Waals surface area (Å²) in [5, 5.41) is 6.69. The second-order valence-corrected chi connectivity index (χ2v) is 8.23. The van der Waals surface area contributed by atoms with Gasteiger partial charge in [0.25, 0.3) is 0 Å². The largest absolute Gasteiger partial charge is 0.354 e. The average molecular weight is 467 g/mol. The summed E-state index contributed by atoms with van der Waals surface area (Å²) in [6.45, 7) is 6.59. The molecule has 2 atom stereocenters. The van der Waals surface area contributed by atoms with Crippen LogP contribution in [-0.4, -0.2) is 62.1 Å². The number of hydrogen-bond acceptors (Lipinski definition) is 5. The summed E-state index contributed by atoms with van der Waals surface area (Å²) in [6.07, 6.45) is 6.52. The van der Waals surface area contributed by atoms with Gasteiger partial charge in [-0.2, -0.15) is 0 Å². The van der Waals surface area contributed by atoms with Crippen molar-refractivity contribution in [1.82, 2.24) is 20.5 Å². The highest BCUT2D eigenvalue weighted by Crippen LogP contribution is 2.43. The molecule has 0 unspecified atom stereocenters. The molecule has 3 aliphatic rings. The highest BCUT2D eigenvalue weighted by atomic mass is 35.5. The third kappa shape index (κ3) is 5.67. The Bertz CT molecular complexity index is 657. The van der Waals surface area contributed by atoms with E-state index >= 15 is 0 Å². The first-order valence-electron chi connectivity index (χ1n) is 10.0. The molecule has 1 amide bonds. The molecule has 3 heterocycles. The van der Waals surface area contributed by atoms with Gasteiger partial charge >= 0.3 is 0 Å². The molecule has 6 nitrogen and oxygen atoms in total. The zero-order chi connectivity index (χ0) is 18.0. The molecular formula is C20H34Cl3N5O. The lowest BCUT2D eigenvalue weighted by atomic mass is 9.67. The van der Waals surface area contributed by atoms with E-state index in [1.807, 2.05) is 12.3 Å². The molecule has 9 heteroatoms. The Morgan fingerprint density at radius 1 is 1.24 bits per heavy atom. The van der Waals surface area contributed by atoms with Gasteiger partial charge in [0.05, 0.1) is 5.41 Å². The number of anilines is 1. The predicted octanol–water partition coefficient (Wildman–Crippen LogP) is 2.49. The van der Waals surface area contributed by atoms with Crippen molar-refractivity contribution in [3.8, 4) is 0 Å². The third-order valence-corrected chi connectivity index (χ3v) is 6.58. The van der Waals surface area contributed by atoms with Gasteiger partial charge in [0.15, 0.2) is 0 Å². The number of hydrogen-bond donors (Lipinski definition) is 2. The average Bonchev–Trinajstić information content (AvgIpc) is 3.12. The number of pyridine rings is 1. The Hall–Kier alpha value is -0.790. The Labute approximate surface area is 192 Å². The first-order chi connectivity index (χ1) is 12.7. The summed E-state index contributed by atoms with van der Waals surface area (Å²) in [4.78, 5) is 22.2. The van der Waals surface area contributed by atoms with Crippen LogP contribution < -0.4 is 15.5 Å². The van der Waals surface area contributed by atoms with Gasteiger partial charge in [-0.25, -0.2) is 4.98 Å². The smallest absolute Gasteiger partial charge is 0.228 e. The van der Waals surface area contributed by atoms with Crippen molar-refractivity contribution in [3.05, 3.63) is 23.9 Å². The van der Waals surface area contributed by atoms with Crippen molar-refractivity contribution in [1.29, 1.82) is 0 Å². The molecule has 2 N–H and O–H groups in total. The number of piperazine rings is 1. The fourth-order valence-corrected chi connectivity index (χ4v) is 4.83. The van der Waals surface area contributed by atoms with Crippen molar-refractivity contribution in [3.63, 3.8) is 0 Å². The Morgan fingerprint density at radius 3 is 2.76 bits per heavy atom. The second kappa shape index (κ2) is 11.6. The minimum absolute atomic E-state index is 0. The van der Waals surface area contributed by atoms with E-state index in [-0.39, 0.29) is 48.5 Å². The number of fused-ring (bicyclic) bond motifs is 1. The number of carbonyl (C=O) groups excluding carboxylic acids is 1. The van der Waals surface area contributed by atoms with Crippen LogP contribution in [0.25, 0.3) is 0 Å². The fraction of sp³-hybridized carbons (Fsp3) is 0.700. The molecule has 166 valence electrons. The molecule has 0 radical (unpaired) electrons. The minimum Gasteiger partial charge on any atom is -0.354 e. The number of likely N-dealkylation sites (N-methyl/N-ethyl adjacent to an activating group) is 1. The summed E-state index contributed by atoms with van der Waals surface area (Å²) < 4.78 is 0. The van der Waals surface area contributed by atoms with E-state index in [1.54, 1.807) is 0 Å². The van der Waals surface area contributed by atoms with Crippen LogP contribution in [0.2, 0.25) is 0 Å². The van der Waals surface area contributed by atoms with Gasteiger partial charge in [-0.05, 0) is 50.0 Å². The van der Waals surface area contributed by atoms with E-state index in [4.69, 9.17) is 0 Å². The molecule has 3 fully saturated rings. The standard InChI is InChI=1S/C20H31N5O.3ClH/c1-24-8-10-25(11-9-24)18-12-16(5-7-22-18)13-23-19(26)20-6-3-2-4-17(20)14-21-15-20;;;/h5,7,12,17,21H,2-4,6,8-11,13-15H2,1H3,(H,23,26);3*1H/t17-,20+;;;/m0.../s1. The summed E-state index contributed by atoms with van der Waals surface area (Å²) in [6, 6.07) is 4.15. The molecule has 0 spiro atoms. The molecule has 1 saturated carbocycles. The highest BCUT2D eigenvalue weighted by molar-refractivity contribution is 5.86. The third-order valence-electron chi connectivity index (χ3n) is 6.58. The van der Waals surface area contributed by atoms with Crippen LogP contribution in [-0.2, 0) is 11.3 Å². The van der Waals surface area contributed by atoms with Gasteiger partial charge in [0.2, 0.25) is 5.91 Å². The van der Waals surface area contributed by atoms with Crippen molar-refractivity contribution in [2.24, 2.45) is 11.3 Å². The van der Waals surface area contributed by atoms with E-state index in [0.29, 0.717) is 12.5 Å². The van der Waals surface area contributed by atoms with Crippen molar-refractivity contribution in [2.75, 3.05) is 51.2 Å². The number of carbonyl (C=O) groups is 1. The molecule has 2 aliphatic heterocycles. The van der Waals surface area contributed by atoms with Crippen LogP contribution in [0.3, 0.4) is 0 Å². The number of rotatable bonds is 4. The zero-order valence-electron chi connectivity index (χ0n) is 17.1. The van der Waals surface area contributed by atoms with Crippen LogP contribution in [0.5, 0.6) is 0 Å². The number of amides is 1. The fourth-order valence-electron chi connectivity index (χ4n) is 4.83. The van der Waals surface area contributed by atoms with Crippen molar-refractivity contribution < 1.29 is 4.79 Å². The van der Waals surface area contributed by atoms with Crippen molar-refractivity contribution in [2.45, 2.75) is 32.2 Å². The molecule has 0 bridgehead atoms. The normalized spacial score (nSPS) is 26.4. The van der Waals surface area contributed by atoms with Gasteiger partial charge in [0, 0.05) is 45.5 Å². The number of nitrogens with one attached hydrogen (secondary N) is 2. The van der Waals surface area contributed by atoms with Crippen LogP contribution in [0, 0.1) is 11.3 Å². The number of halogens is 3.